The fourth-order valence-electron chi connectivity index (χ4n) is 2.46. The van der Waals surface area contributed by atoms with Crippen LogP contribution in [-0.2, 0) is 0 Å². The highest BCUT2D eigenvalue weighted by Crippen LogP contribution is 2.22. The summed E-state index contributed by atoms with van der Waals surface area (Å²) in [4.78, 5) is 2.67. The standard InChI is InChI=1S/C13H28N2/c1-5-14-10-13(3,4)11-15-9-7-6-8-12(15)2/h12,14H,5-11H2,1-4H3. The summed E-state index contributed by atoms with van der Waals surface area (Å²) in [6.07, 6.45) is 4.20. The third kappa shape index (κ3) is 4.52. The second kappa shape index (κ2) is 5.86. The Kier molecular flexibility index (Phi) is 5.07. The predicted octanol–water partition coefficient (Wildman–Crippen LogP) is 2.50. The van der Waals surface area contributed by atoms with Gasteiger partial charge in [0.15, 0.2) is 0 Å². The Labute approximate surface area is 95.4 Å². The van der Waals surface area contributed by atoms with Gasteiger partial charge in [0.1, 0.15) is 0 Å². The molecule has 2 nitrogen and oxygen atoms in total. The van der Waals surface area contributed by atoms with Gasteiger partial charge in [-0.1, -0.05) is 27.2 Å². The highest BCUT2D eigenvalue weighted by atomic mass is 15.2. The van der Waals surface area contributed by atoms with E-state index in [4.69, 9.17) is 0 Å². The van der Waals surface area contributed by atoms with Crippen LogP contribution in [-0.4, -0.2) is 37.1 Å². The zero-order chi connectivity index (χ0) is 11.3. The van der Waals surface area contributed by atoms with Crippen molar-refractivity contribution < 1.29 is 0 Å². The van der Waals surface area contributed by atoms with Crippen LogP contribution in [0.4, 0.5) is 0 Å². The van der Waals surface area contributed by atoms with Crippen LogP contribution < -0.4 is 5.32 Å². The molecule has 15 heavy (non-hydrogen) atoms. The average molecular weight is 212 g/mol. The van der Waals surface area contributed by atoms with Crippen LogP contribution in [0.5, 0.6) is 0 Å². The topological polar surface area (TPSA) is 15.3 Å². The highest BCUT2D eigenvalue weighted by Gasteiger charge is 2.25. The molecule has 2 heteroatoms. The summed E-state index contributed by atoms with van der Waals surface area (Å²) >= 11 is 0. The average Bonchev–Trinajstić information content (AvgIpc) is 2.18. The molecule has 1 aliphatic rings. The molecule has 0 aliphatic carbocycles. The lowest BCUT2D eigenvalue weighted by Crippen LogP contribution is -2.46. The van der Waals surface area contributed by atoms with Gasteiger partial charge in [0, 0.05) is 19.1 Å². The summed E-state index contributed by atoms with van der Waals surface area (Å²) in [6.45, 7) is 14.1. The van der Waals surface area contributed by atoms with Crippen LogP contribution in [0.15, 0.2) is 0 Å². The summed E-state index contributed by atoms with van der Waals surface area (Å²) in [7, 11) is 0. The third-order valence-electron chi connectivity index (χ3n) is 3.43. The van der Waals surface area contributed by atoms with E-state index in [1.165, 1.54) is 32.4 Å². The predicted molar refractivity (Wildman–Crippen MR) is 67.2 cm³/mol. The van der Waals surface area contributed by atoms with Gasteiger partial charge in [-0.3, -0.25) is 0 Å². The Hall–Kier alpha value is -0.0800. The first-order valence-corrected chi connectivity index (χ1v) is 6.50. The van der Waals surface area contributed by atoms with Crippen molar-refractivity contribution in [1.82, 2.24) is 10.2 Å². The monoisotopic (exact) mass is 212 g/mol. The first kappa shape index (κ1) is 13.0. The van der Waals surface area contributed by atoms with Gasteiger partial charge in [-0.05, 0) is 38.3 Å². The Balaban J connectivity index is 2.37. The van der Waals surface area contributed by atoms with E-state index in [1.54, 1.807) is 0 Å². The van der Waals surface area contributed by atoms with Crippen LogP contribution >= 0.6 is 0 Å². The largest absolute Gasteiger partial charge is 0.316 e. The van der Waals surface area contributed by atoms with E-state index in [-0.39, 0.29) is 0 Å². The fourth-order valence-corrected chi connectivity index (χ4v) is 2.46. The minimum Gasteiger partial charge on any atom is -0.316 e. The molecule has 1 aliphatic heterocycles. The van der Waals surface area contributed by atoms with Gasteiger partial charge in [0.2, 0.25) is 0 Å². The maximum atomic E-state index is 3.47. The Morgan fingerprint density at radius 1 is 1.33 bits per heavy atom. The quantitative estimate of drug-likeness (QED) is 0.753. The molecule has 0 aromatic rings. The zero-order valence-electron chi connectivity index (χ0n) is 11.0. The molecule has 1 rings (SSSR count). The van der Waals surface area contributed by atoms with Gasteiger partial charge in [0.25, 0.3) is 0 Å². The Morgan fingerprint density at radius 2 is 2.07 bits per heavy atom. The molecular formula is C13H28N2. The van der Waals surface area contributed by atoms with Crippen molar-refractivity contribution in [2.45, 2.75) is 53.0 Å². The molecule has 0 amide bonds. The highest BCUT2D eigenvalue weighted by molar-refractivity contribution is 4.81. The van der Waals surface area contributed by atoms with E-state index in [0.717, 1.165) is 19.1 Å². The number of hydrogen-bond donors (Lipinski definition) is 1. The summed E-state index contributed by atoms with van der Waals surface area (Å²) < 4.78 is 0. The Bertz CT molecular complexity index is 177. The van der Waals surface area contributed by atoms with Crippen molar-refractivity contribution >= 4 is 0 Å². The molecule has 1 unspecified atom stereocenters. The summed E-state index contributed by atoms with van der Waals surface area (Å²) in [5, 5.41) is 3.47. The minimum atomic E-state index is 0.404. The van der Waals surface area contributed by atoms with Crippen LogP contribution in [0, 0.1) is 5.41 Å². The summed E-state index contributed by atoms with van der Waals surface area (Å²) in [5.74, 6) is 0. The zero-order valence-corrected chi connectivity index (χ0v) is 11.0. The third-order valence-corrected chi connectivity index (χ3v) is 3.43. The first-order valence-electron chi connectivity index (χ1n) is 6.50. The van der Waals surface area contributed by atoms with Gasteiger partial charge in [-0.2, -0.15) is 0 Å². The minimum absolute atomic E-state index is 0.404. The van der Waals surface area contributed by atoms with E-state index in [0.29, 0.717) is 5.41 Å². The van der Waals surface area contributed by atoms with Crippen molar-refractivity contribution in [3.63, 3.8) is 0 Å². The second-order valence-corrected chi connectivity index (χ2v) is 5.76. The van der Waals surface area contributed by atoms with Crippen molar-refractivity contribution in [3.05, 3.63) is 0 Å². The molecule has 0 saturated carbocycles. The van der Waals surface area contributed by atoms with Gasteiger partial charge in [0.05, 0.1) is 0 Å². The molecular weight excluding hydrogens is 184 g/mol. The Morgan fingerprint density at radius 3 is 2.67 bits per heavy atom. The SMILES string of the molecule is CCNCC(C)(C)CN1CCCCC1C. The van der Waals surface area contributed by atoms with E-state index in [9.17, 15) is 0 Å². The number of likely N-dealkylation sites (tertiary alicyclic amines) is 1. The molecule has 1 fully saturated rings. The molecule has 1 heterocycles. The van der Waals surface area contributed by atoms with Crippen molar-refractivity contribution in [1.29, 1.82) is 0 Å². The molecule has 0 bridgehead atoms. The van der Waals surface area contributed by atoms with Crippen LogP contribution in [0.25, 0.3) is 0 Å². The maximum absolute atomic E-state index is 3.47. The lowest BCUT2D eigenvalue weighted by molar-refractivity contribution is 0.105. The van der Waals surface area contributed by atoms with Gasteiger partial charge >= 0.3 is 0 Å². The number of nitrogens with one attached hydrogen (secondary N) is 1. The molecule has 1 saturated heterocycles. The number of piperidine rings is 1. The number of hydrogen-bond acceptors (Lipinski definition) is 2. The summed E-state index contributed by atoms with van der Waals surface area (Å²) in [6, 6.07) is 0.791. The number of rotatable bonds is 5. The lowest BCUT2D eigenvalue weighted by atomic mass is 9.90. The van der Waals surface area contributed by atoms with Crippen molar-refractivity contribution in [2.75, 3.05) is 26.2 Å². The summed E-state index contributed by atoms with van der Waals surface area (Å²) in [5.41, 5.74) is 0.404. The van der Waals surface area contributed by atoms with Crippen LogP contribution in [0.2, 0.25) is 0 Å². The molecule has 90 valence electrons. The second-order valence-electron chi connectivity index (χ2n) is 5.76. The normalized spacial score (nSPS) is 24.4. The maximum Gasteiger partial charge on any atom is 0.00671 e. The van der Waals surface area contributed by atoms with Crippen molar-refractivity contribution in [3.8, 4) is 0 Å². The molecule has 0 spiro atoms. The molecule has 0 aromatic carbocycles. The van der Waals surface area contributed by atoms with Gasteiger partial charge in [-0.15, -0.1) is 0 Å². The van der Waals surface area contributed by atoms with E-state index in [2.05, 4.69) is 37.9 Å². The van der Waals surface area contributed by atoms with Crippen LogP contribution in [0.1, 0.15) is 47.0 Å². The van der Waals surface area contributed by atoms with E-state index in [1.807, 2.05) is 0 Å². The van der Waals surface area contributed by atoms with Crippen molar-refractivity contribution in [2.24, 2.45) is 5.41 Å². The van der Waals surface area contributed by atoms with E-state index >= 15 is 0 Å². The molecule has 0 aromatic heterocycles. The molecule has 1 atom stereocenters. The van der Waals surface area contributed by atoms with Crippen LogP contribution in [0.3, 0.4) is 0 Å². The smallest absolute Gasteiger partial charge is 0.00671 e. The lowest BCUT2D eigenvalue weighted by Gasteiger charge is -2.39. The molecule has 0 radical (unpaired) electrons. The van der Waals surface area contributed by atoms with Gasteiger partial charge in [-0.25, -0.2) is 0 Å². The fraction of sp³-hybridized carbons (Fsp3) is 1.00. The molecule has 1 N–H and O–H groups in total. The van der Waals surface area contributed by atoms with E-state index < -0.39 is 0 Å². The first-order chi connectivity index (χ1) is 7.05. The van der Waals surface area contributed by atoms with Gasteiger partial charge < -0.3 is 10.2 Å². The number of nitrogens with zero attached hydrogens (tertiary/aromatic N) is 1.